The lowest BCUT2D eigenvalue weighted by Crippen LogP contribution is -2.45. The second-order valence-corrected chi connectivity index (χ2v) is 10.0. The fraction of sp³-hybridized carbons (Fsp3) is 0.722. The van der Waals surface area contributed by atoms with Gasteiger partial charge in [-0.25, -0.2) is 18.6 Å². The Balaban J connectivity index is 2.81. The molecule has 1 amide bonds. The van der Waals surface area contributed by atoms with Crippen LogP contribution in [0.2, 0.25) is 0 Å². The smallest absolute Gasteiger partial charge is 0.456 e. The predicted octanol–water partition coefficient (Wildman–Crippen LogP) is 2.71. The van der Waals surface area contributed by atoms with Crippen molar-refractivity contribution in [2.75, 3.05) is 11.5 Å². The molecular formula is C18H30N2O8S. The van der Waals surface area contributed by atoms with Gasteiger partial charge < -0.3 is 23.6 Å². The molecule has 0 saturated heterocycles. The van der Waals surface area contributed by atoms with E-state index in [1.807, 2.05) is 6.92 Å². The number of carbonyl (C=O) groups excluding carboxylic acids is 2. The second kappa shape index (κ2) is 10.5. The number of esters is 1. The molecule has 0 aliphatic heterocycles. The van der Waals surface area contributed by atoms with Crippen LogP contribution in [0.5, 0.6) is 0 Å². The van der Waals surface area contributed by atoms with Gasteiger partial charge in [-0.3, -0.25) is 4.78 Å². The highest BCUT2D eigenvalue weighted by atomic mass is 32.2. The predicted molar refractivity (Wildman–Crippen MR) is 105 cm³/mol. The average Bonchev–Trinajstić information content (AvgIpc) is 2.90. The first-order valence-corrected chi connectivity index (χ1v) is 11.2. The van der Waals surface area contributed by atoms with E-state index in [1.54, 1.807) is 20.8 Å². The molecule has 1 aromatic rings. The molecule has 1 aromatic heterocycles. The van der Waals surface area contributed by atoms with Gasteiger partial charge in [0, 0.05) is 21.2 Å². The van der Waals surface area contributed by atoms with E-state index in [1.165, 1.54) is 6.92 Å². The van der Waals surface area contributed by atoms with Crippen molar-refractivity contribution in [1.29, 1.82) is 4.78 Å². The van der Waals surface area contributed by atoms with E-state index >= 15 is 0 Å². The molecule has 0 aliphatic carbocycles. The Hall–Kier alpha value is -2.30. The number of hydrogen-bond donors (Lipinski definition) is 2. The zero-order valence-corrected chi connectivity index (χ0v) is 18.3. The molecule has 0 fully saturated rings. The van der Waals surface area contributed by atoms with Gasteiger partial charge in [-0.15, -0.1) is 0 Å². The largest absolute Gasteiger partial charge is 0.519 e. The molecular weight excluding hydrogens is 404 g/mol. The first-order valence-electron chi connectivity index (χ1n) is 9.32. The molecule has 0 saturated carbocycles. The van der Waals surface area contributed by atoms with E-state index in [-0.39, 0.29) is 36.1 Å². The van der Waals surface area contributed by atoms with Crippen LogP contribution < -0.4 is 11.1 Å². The molecule has 0 radical (unpaired) electrons. The van der Waals surface area contributed by atoms with Gasteiger partial charge in [0.25, 0.3) is 0 Å². The van der Waals surface area contributed by atoms with Crippen LogP contribution in [0.3, 0.4) is 0 Å². The summed E-state index contributed by atoms with van der Waals surface area (Å²) >= 11 is 0. The molecule has 0 aromatic carbocycles. The highest BCUT2D eigenvalue weighted by molar-refractivity contribution is 7.92. The molecule has 10 nitrogen and oxygen atoms in total. The van der Waals surface area contributed by atoms with E-state index in [2.05, 4.69) is 5.32 Å². The van der Waals surface area contributed by atoms with Gasteiger partial charge in [-0.1, -0.05) is 13.3 Å². The molecule has 1 rings (SSSR count). The third kappa shape index (κ3) is 9.64. The molecule has 0 aliphatic rings. The van der Waals surface area contributed by atoms with Crippen molar-refractivity contribution in [3.05, 3.63) is 22.1 Å². The van der Waals surface area contributed by atoms with Crippen LogP contribution in [0.1, 0.15) is 58.5 Å². The summed E-state index contributed by atoms with van der Waals surface area (Å²) in [6.07, 6.45) is 0.538. The van der Waals surface area contributed by atoms with Crippen LogP contribution in [-0.4, -0.2) is 39.4 Å². The maximum atomic E-state index is 12.5. The summed E-state index contributed by atoms with van der Waals surface area (Å²) in [5, 5.41) is 2.40. The number of alkyl carbamates (subject to hydrolysis) is 1. The van der Waals surface area contributed by atoms with Crippen LogP contribution in [0.25, 0.3) is 0 Å². The average molecular weight is 435 g/mol. The van der Waals surface area contributed by atoms with Crippen molar-refractivity contribution < 1.29 is 32.1 Å². The van der Waals surface area contributed by atoms with Crippen LogP contribution in [0.15, 0.2) is 13.6 Å². The number of carbonyl (C=O) groups is 2. The number of rotatable bonds is 10. The summed E-state index contributed by atoms with van der Waals surface area (Å²) in [6, 6.07) is -1.17. The van der Waals surface area contributed by atoms with Crippen LogP contribution in [-0.2, 0) is 30.6 Å². The molecule has 2 N–H and O–H groups in total. The molecule has 2 atom stereocenters. The van der Waals surface area contributed by atoms with Gasteiger partial charge in [-0.2, -0.15) is 0 Å². The van der Waals surface area contributed by atoms with E-state index in [9.17, 15) is 18.6 Å². The number of unbranched alkanes of at least 4 members (excludes halogenated alkanes) is 1. The Morgan fingerprint density at radius 3 is 2.41 bits per heavy atom. The number of ether oxygens (including phenoxy) is 2. The lowest BCUT2D eigenvalue weighted by atomic mass is 10.2. The van der Waals surface area contributed by atoms with Crippen LogP contribution in [0.4, 0.5) is 4.79 Å². The summed E-state index contributed by atoms with van der Waals surface area (Å²) in [5.74, 6) is -1.38. The summed E-state index contributed by atoms with van der Waals surface area (Å²) in [4.78, 5) is 35.6. The molecule has 0 bridgehead atoms. The van der Waals surface area contributed by atoms with E-state index in [4.69, 9.17) is 23.1 Å². The Labute approximate surface area is 170 Å². The van der Waals surface area contributed by atoms with E-state index < -0.39 is 39.3 Å². The topological polar surface area (TPSA) is 149 Å². The third-order valence-electron chi connectivity index (χ3n) is 3.72. The minimum atomic E-state index is -2.89. The number of amides is 1. The SMILES string of the molecule is CCCCS(=N)(=O)CC[C@H](NC(=O)OC(C)(C)C)C(=O)OCc1oc(=O)oc1C. The number of aryl methyl sites for hydroxylation is 1. The fourth-order valence-electron chi connectivity index (χ4n) is 2.23. The zero-order valence-electron chi connectivity index (χ0n) is 17.5. The summed E-state index contributed by atoms with van der Waals surface area (Å²) in [7, 11) is -2.89. The first-order chi connectivity index (χ1) is 13.3. The lowest BCUT2D eigenvalue weighted by Gasteiger charge is -2.23. The van der Waals surface area contributed by atoms with Crippen molar-refractivity contribution in [2.45, 2.75) is 72.1 Å². The van der Waals surface area contributed by atoms with Gasteiger partial charge in [-0.05, 0) is 40.5 Å². The van der Waals surface area contributed by atoms with E-state index in [0.717, 1.165) is 6.42 Å². The van der Waals surface area contributed by atoms with Crippen LogP contribution in [0, 0.1) is 11.7 Å². The molecule has 1 heterocycles. The van der Waals surface area contributed by atoms with Crippen molar-refractivity contribution >= 4 is 21.8 Å². The number of nitrogens with one attached hydrogen (secondary N) is 2. The van der Waals surface area contributed by atoms with Crippen molar-refractivity contribution in [2.24, 2.45) is 0 Å². The normalized spacial score (nSPS) is 14.7. The lowest BCUT2D eigenvalue weighted by molar-refractivity contribution is -0.148. The molecule has 0 spiro atoms. The standard InChI is InChI=1S/C18H30N2O8S/c1-6-7-9-29(19,24)10-8-13(20-16(22)28-18(3,4)5)15(21)25-11-14-12(2)26-17(23)27-14/h13,19H,6-11H2,1-5H3,(H,20,22)/t13-,29?/m0/s1. The van der Waals surface area contributed by atoms with E-state index in [0.29, 0.717) is 6.42 Å². The minimum Gasteiger partial charge on any atom is -0.456 e. The third-order valence-corrected chi connectivity index (χ3v) is 5.56. The Morgan fingerprint density at radius 2 is 1.90 bits per heavy atom. The number of hydrogen-bond acceptors (Lipinski definition) is 9. The highest BCUT2D eigenvalue weighted by Crippen LogP contribution is 2.11. The van der Waals surface area contributed by atoms with Crippen molar-refractivity contribution in [3.8, 4) is 0 Å². The Bertz CT molecular complexity index is 848. The van der Waals surface area contributed by atoms with Gasteiger partial charge >= 0.3 is 17.9 Å². The quantitative estimate of drug-likeness (QED) is 0.534. The van der Waals surface area contributed by atoms with Crippen LogP contribution >= 0.6 is 0 Å². The second-order valence-electron chi connectivity index (χ2n) is 7.60. The molecule has 29 heavy (non-hydrogen) atoms. The zero-order chi connectivity index (χ0) is 22.2. The van der Waals surface area contributed by atoms with Gasteiger partial charge in [0.1, 0.15) is 11.6 Å². The highest BCUT2D eigenvalue weighted by Gasteiger charge is 2.27. The van der Waals surface area contributed by atoms with Gasteiger partial charge in [0.15, 0.2) is 18.1 Å². The summed E-state index contributed by atoms with van der Waals surface area (Å²) < 4.78 is 40.0. The molecule has 166 valence electrons. The first kappa shape index (κ1) is 24.7. The monoisotopic (exact) mass is 434 g/mol. The van der Waals surface area contributed by atoms with Crippen molar-refractivity contribution in [3.63, 3.8) is 0 Å². The minimum absolute atomic E-state index is 0.0478. The van der Waals surface area contributed by atoms with Crippen molar-refractivity contribution in [1.82, 2.24) is 5.32 Å². The summed E-state index contributed by atoms with van der Waals surface area (Å²) in [6.45, 7) is 8.05. The van der Waals surface area contributed by atoms with Gasteiger partial charge in [0.2, 0.25) is 0 Å². The maximum absolute atomic E-state index is 12.5. The van der Waals surface area contributed by atoms with Gasteiger partial charge in [0.05, 0.1) is 0 Å². The Morgan fingerprint density at radius 1 is 1.24 bits per heavy atom. The Kier molecular flexibility index (Phi) is 8.93. The molecule has 1 unspecified atom stereocenters. The maximum Gasteiger partial charge on any atom is 0.519 e. The summed E-state index contributed by atoms with van der Waals surface area (Å²) in [5.41, 5.74) is -0.778. The fourth-order valence-corrected chi connectivity index (χ4v) is 3.81. The molecule has 11 heteroatoms.